The molecule has 0 saturated heterocycles. The number of phenolic OH excluding ortho intramolecular Hbond substituents is 1. The smallest absolute Gasteiger partial charge is 0.246 e. The topological polar surface area (TPSA) is 74.6 Å². The quantitative estimate of drug-likeness (QED) is 0.554. The van der Waals surface area contributed by atoms with E-state index < -0.39 is 0 Å². The summed E-state index contributed by atoms with van der Waals surface area (Å²) in [6.07, 6.45) is 1.57. The van der Waals surface area contributed by atoms with E-state index in [0.717, 1.165) is 16.3 Å². The van der Waals surface area contributed by atoms with Crippen molar-refractivity contribution in [3.05, 3.63) is 70.5 Å². The normalized spacial score (nSPS) is 10.8. The molecule has 1 amide bonds. The summed E-state index contributed by atoms with van der Waals surface area (Å²) in [7, 11) is 0. The van der Waals surface area contributed by atoms with Gasteiger partial charge in [0.05, 0.1) is 18.3 Å². The standard InChI is InChI=1S/C18H15N3O2S/c22-16-9-5-4-8-14(16)11-19-21-17(23)10-18-20-15(12-24-18)13-6-2-1-3-7-13/h1-9,11-12,22H,10H2,(H,21,23)/b19-11+. The van der Waals surface area contributed by atoms with Gasteiger partial charge in [0, 0.05) is 16.5 Å². The van der Waals surface area contributed by atoms with Crippen LogP contribution in [-0.2, 0) is 11.2 Å². The molecule has 1 heterocycles. The first-order chi connectivity index (χ1) is 11.7. The highest BCUT2D eigenvalue weighted by atomic mass is 32.1. The maximum atomic E-state index is 11.9. The molecule has 0 atom stereocenters. The summed E-state index contributed by atoms with van der Waals surface area (Å²) >= 11 is 1.44. The molecule has 2 aromatic carbocycles. The summed E-state index contributed by atoms with van der Waals surface area (Å²) < 4.78 is 0. The van der Waals surface area contributed by atoms with Gasteiger partial charge >= 0.3 is 0 Å². The highest BCUT2D eigenvalue weighted by molar-refractivity contribution is 7.10. The number of amides is 1. The van der Waals surface area contributed by atoms with Gasteiger partial charge in [0.15, 0.2) is 0 Å². The fraction of sp³-hybridized carbons (Fsp3) is 0.0556. The Balaban J connectivity index is 1.58. The lowest BCUT2D eigenvalue weighted by molar-refractivity contribution is -0.120. The predicted octanol–water partition coefficient (Wildman–Crippen LogP) is 3.21. The molecule has 0 saturated carbocycles. The number of aromatic nitrogens is 1. The first-order valence-corrected chi connectivity index (χ1v) is 8.20. The molecule has 2 N–H and O–H groups in total. The number of hydrogen-bond donors (Lipinski definition) is 2. The molecule has 5 nitrogen and oxygen atoms in total. The molecule has 1 aromatic heterocycles. The Morgan fingerprint density at radius 2 is 1.92 bits per heavy atom. The number of carbonyl (C=O) groups excluding carboxylic acids is 1. The second-order valence-corrected chi connectivity index (χ2v) is 5.96. The fourth-order valence-corrected chi connectivity index (χ4v) is 2.88. The van der Waals surface area contributed by atoms with E-state index in [1.54, 1.807) is 24.3 Å². The Morgan fingerprint density at radius 1 is 1.17 bits per heavy atom. The van der Waals surface area contributed by atoms with Crippen molar-refractivity contribution in [3.63, 3.8) is 0 Å². The third kappa shape index (κ3) is 4.05. The summed E-state index contributed by atoms with van der Waals surface area (Å²) in [5.74, 6) is -0.140. The average molecular weight is 337 g/mol. The summed E-state index contributed by atoms with van der Waals surface area (Å²) in [5.41, 5.74) is 4.87. The number of thiazole rings is 1. The molecule has 0 fully saturated rings. The highest BCUT2D eigenvalue weighted by Crippen LogP contribution is 2.21. The van der Waals surface area contributed by atoms with Crippen LogP contribution in [0.2, 0.25) is 0 Å². The Hall–Kier alpha value is -2.99. The third-order valence-electron chi connectivity index (χ3n) is 3.26. The average Bonchev–Trinajstić information content (AvgIpc) is 3.06. The van der Waals surface area contributed by atoms with Crippen LogP contribution in [0.5, 0.6) is 5.75 Å². The van der Waals surface area contributed by atoms with Crippen molar-refractivity contribution in [2.75, 3.05) is 0 Å². The second-order valence-electron chi connectivity index (χ2n) is 5.02. The van der Waals surface area contributed by atoms with Gasteiger partial charge in [-0.1, -0.05) is 42.5 Å². The van der Waals surface area contributed by atoms with E-state index in [0.29, 0.717) is 5.56 Å². The van der Waals surface area contributed by atoms with Gasteiger partial charge in [-0.3, -0.25) is 4.79 Å². The maximum absolute atomic E-state index is 11.9. The minimum absolute atomic E-state index is 0.114. The first kappa shape index (κ1) is 15.9. The number of benzene rings is 2. The van der Waals surface area contributed by atoms with Crippen LogP contribution in [0.1, 0.15) is 10.6 Å². The lowest BCUT2D eigenvalue weighted by Gasteiger charge is -1.99. The molecule has 3 rings (SSSR count). The maximum Gasteiger partial charge on any atom is 0.246 e. The van der Waals surface area contributed by atoms with E-state index in [1.807, 2.05) is 35.7 Å². The fourth-order valence-electron chi connectivity index (χ4n) is 2.08. The van der Waals surface area contributed by atoms with Gasteiger partial charge in [-0.2, -0.15) is 5.10 Å². The van der Waals surface area contributed by atoms with Crippen molar-refractivity contribution < 1.29 is 9.90 Å². The van der Waals surface area contributed by atoms with Gasteiger partial charge in [0.25, 0.3) is 0 Å². The van der Waals surface area contributed by atoms with Crippen molar-refractivity contribution in [1.82, 2.24) is 10.4 Å². The van der Waals surface area contributed by atoms with Crippen molar-refractivity contribution in [2.45, 2.75) is 6.42 Å². The number of nitrogens with zero attached hydrogens (tertiary/aromatic N) is 2. The Labute approximate surface area is 143 Å². The highest BCUT2D eigenvalue weighted by Gasteiger charge is 2.08. The largest absolute Gasteiger partial charge is 0.507 e. The second kappa shape index (κ2) is 7.52. The van der Waals surface area contributed by atoms with Crippen molar-refractivity contribution >= 4 is 23.5 Å². The van der Waals surface area contributed by atoms with Gasteiger partial charge in [0.1, 0.15) is 10.8 Å². The van der Waals surface area contributed by atoms with Crippen molar-refractivity contribution in [3.8, 4) is 17.0 Å². The summed E-state index contributed by atoms with van der Waals surface area (Å²) in [6, 6.07) is 16.6. The minimum Gasteiger partial charge on any atom is -0.507 e. The van der Waals surface area contributed by atoms with E-state index in [2.05, 4.69) is 15.5 Å². The summed E-state index contributed by atoms with van der Waals surface area (Å²) in [5, 5.41) is 16.1. The molecule has 0 bridgehead atoms. The van der Waals surface area contributed by atoms with Crippen molar-refractivity contribution in [2.24, 2.45) is 5.10 Å². The molecule has 0 aliphatic rings. The minimum atomic E-state index is -0.254. The number of hydrogen-bond acceptors (Lipinski definition) is 5. The van der Waals surface area contributed by atoms with Crippen LogP contribution >= 0.6 is 11.3 Å². The molecule has 120 valence electrons. The van der Waals surface area contributed by atoms with E-state index in [9.17, 15) is 9.90 Å². The summed E-state index contributed by atoms with van der Waals surface area (Å²) in [6.45, 7) is 0. The molecule has 0 aliphatic heterocycles. The van der Waals surface area contributed by atoms with E-state index >= 15 is 0 Å². The SMILES string of the molecule is O=C(Cc1nc(-c2ccccc2)cs1)N/N=C/c1ccccc1O. The summed E-state index contributed by atoms with van der Waals surface area (Å²) in [4.78, 5) is 16.4. The van der Waals surface area contributed by atoms with Gasteiger partial charge in [0.2, 0.25) is 5.91 Å². The van der Waals surface area contributed by atoms with Gasteiger partial charge in [-0.25, -0.2) is 10.4 Å². The van der Waals surface area contributed by atoms with Crippen LogP contribution < -0.4 is 5.43 Å². The lowest BCUT2D eigenvalue weighted by Crippen LogP contribution is -2.19. The van der Waals surface area contributed by atoms with Gasteiger partial charge < -0.3 is 5.11 Å². The molecule has 24 heavy (non-hydrogen) atoms. The van der Waals surface area contributed by atoms with Crippen molar-refractivity contribution in [1.29, 1.82) is 0 Å². The Kier molecular flexibility index (Phi) is 4.98. The number of hydrazone groups is 1. The molecule has 0 spiro atoms. The number of nitrogens with one attached hydrogen (secondary N) is 1. The van der Waals surface area contributed by atoms with Gasteiger partial charge in [-0.15, -0.1) is 11.3 Å². The molecular weight excluding hydrogens is 322 g/mol. The van der Waals surface area contributed by atoms with E-state index in [-0.39, 0.29) is 18.1 Å². The number of rotatable bonds is 5. The van der Waals surface area contributed by atoms with Crippen LogP contribution in [0.25, 0.3) is 11.3 Å². The zero-order chi connectivity index (χ0) is 16.8. The van der Waals surface area contributed by atoms with E-state index in [4.69, 9.17) is 0 Å². The molecule has 0 aliphatic carbocycles. The van der Waals surface area contributed by atoms with Crippen LogP contribution in [0.15, 0.2) is 65.1 Å². The van der Waals surface area contributed by atoms with Crippen LogP contribution in [-0.4, -0.2) is 22.2 Å². The number of phenols is 1. The molecule has 3 aromatic rings. The number of aromatic hydroxyl groups is 1. The predicted molar refractivity (Wildman–Crippen MR) is 95.1 cm³/mol. The first-order valence-electron chi connectivity index (χ1n) is 7.32. The Bertz CT molecular complexity index is 859. The molecule has 0 unspecified atom stereocenters. The Morgan fingerprint density at radius 3 is 2.71 bits per heavy atom. The monoisotopic (exact) mass is 337 g/mol. The van der Waals surface area contributed by atoms with Crippen LogP contribution in [0.4, 0.5) is 0 Å². The van der Waals surface area contributed by atoms with E-state index in [1.165, 1.54) is 17.6 Å². The molecule has 6 heteroatoms. The molecule has 0 radical (unpaired) electrons. The lowest BCUT2D eigenvalue weighted by atomic mass is 10.2. The van der Waals surface area contributed by atoms with Gasteiger partial charge in [-0.05, 0) is 12.1 Å². The third-order valence-corrected chi connectivity index (χ3v) is 4.11. The zero-order valence-electron chi connectivity index (χ0n) is 12.7. The zero-order valence-corrected chi connectivity index (χ0v) is 13.5. The number of para-hydroxylation sites is 1. The van der Waals surface area contributed by atoms with Crippen LogP contribution in [0.3, 0.4) is 0 Å². The van der Waals surface area contributed by atoms with Crippen LogP contribution in [0, 0.1) is 0 Å². The number of carbonyl (C=O) groups is 1. The molecular formula is C18H15N3O2S.